The number of hydrogen-bond donors (Lipinski definition) is 2. The molecule has 1 atom stereocenters. The highest BCUT2D eigenvalue weighted by Gasteiger charge is 2.09. The summed E-state index contributed by atoms with van der Waals surface area (Å²) in [6, 6.07) is 16.1. The van der Waals surface area contributed by atoms with E-state index in [1.165, 1.54) is 5.56 Å². The number of anilines is 1. The number of carbonyl (C=O) groups is 1. The summed E-state index contributed by atoms with van der Waals surface area (Å²) in [5.74, 6) is 0. The van der Waals surface area contributed by atoms with Crippen LogP contribution >= 0.6 is 11.8 Å². The predicted octanol–water partition coefficient (Wildman–Crippen LogP) is 5.24. The maximum Gasteiger partial charge on any atom is 0.319 e. The van der Waals surface area contributed by atoms with E-state index < -0.39 is 0 Å². The van der Waals surface area contributed by atoms with Crippen LogP contribution in [0.5, 0.6) is 0 Å². The molecular weight excluding hydrogens is 304 g/mol. The van der Waals surface area contributed by atoms with E-state index in [-0.39, 0.29) is 12.1 Å². The van der Waals surface area contributed by atoms with Gasteiger partial charge in [-0.3, -0.25) is 0 Å². The first kappa shape index (κ1) is 17.4. The van der Waals surface area contributed by atoms with Gasteiger partial charge in [0.1, 0.15) is 0 Å². The maximum atomic E-state index is 12.1. The smallest absolute Gasteiger partial charge is 0.319 e. The van der Waals surface area contributed by atoms with Gasteiger partial charge in [-0.25, -0.2) is 4.79 Å². The van der Waals surface area contributed by atoms with Crippen molar-refractivity contribution in [2.45, 2.75) is 37.6 Å². The van der Waals surface area contributed by atoms with Crippen LogP contribution in [0.25, 0.3) is 0 Å². The molecule has 0 bridgehead atoms. The number of thioether (sulfide) groups is 1. The number of carbonyl (C=O) groups excluding carboxylic acids is 1. The van der Waals surface area contributed by atoms with Crippen LogP contribution in [0.15, 0.2) is 53.4 Å². The molecule has 23 heavy (non-hydrogen) atoms. The highest BCUT2D eigenvalue weighted by atomic mass is 32.2. The Hall–Kier alpha value is -1.94. The van der Waals surface area contributed by atoms with Crippen LogP contribution in [0.4, 0.5) is 10.5 Å². The third-order valence-electron chi connectivity index (χ3n) is 3.69. The van der Waals surface area contributed by atoms with Crippen LogP contribution < -0.4 is 10.6 Å². The van der Waals surface area contributed by atoms with Gasteiger partial charge in [-0.15, -0.1) is 11.8 Å². The lowest BCUT2D eigenvalue weighted by molar-refractivity contribution is 0.249. The Balaban J connectivity index is 1.93. The molecule has 0 aliphatic rings. The highest BCUT2D eigenvalue weighted by Crippen LogP contribution is 2.19. The van der Waals surface area contributed by atoms with E-state index in [0.29, 0.717) is 0 Å². The normalized spacial score (nSPS) is 11.8. The summed E-state index contributed by atoms with van der Waals surface area (Å²) < 4.78 is 0. The molecule has 2 rings (SSSR count). The van der Waals surface area contributed by atoms with Crippen molar-refractivity contribution in [3.05, 3.63) is 59.7 Å². The van der Waals surface area contributed by atoms with E-state index in [1.54, 1.807) is 11.8 Å². The molecule has 0 aromatic heterocycles. The van der Waals surface area contributed by atoms with Crippen molar-refractivity contribution < 1.29 is 4.79 Å². The summed E-state index contributed by atoms with van der Waals surface area (Å²) in [6.45, 7) is 4.17. The maximum absolute atomic E-state index is 12.1. The van der Waals surface area contributed by atoms with Gasteiger partial charge in [0.15, 0.2) is 0 Å². The third kappa shape index (κ3) is 5.32. The second-order valence-electron chi connectivity index (χ2n) is 5.54. The molecule has 0 saturated heterocycles. The van der Waals surface area contributed by atoms with Gasteiger partial charge >= 0.3 is 6.03 Å². The predicted molar refractivity (Wildman–Crippen MR) is 99.2 cm³/mol. The van der Waals surface area contributed by atoms with Gasteiger partial charge in [0.25, 0.3) is 0 Å². The van der Waals surface area contributed by atoms with Gasteiger partial charge in [-0.2, -0.15) is 0 Å². The second kappa shape index (κ2) is 8.63. The van der Waals surface area contributed by atoms with Crippen LogP contribution in [-0.4, -0.2) is 12.3 Å². The van der Waals surface area contributed by atoms with Crippen LogP contribution in [0.3, 0.4) is 0 Å². The Morgan fingerprint density at radius 2 is 1.91 bits per heavy atom. The zero-order valence-electron chi connectivity index (χ0n) is 13.9. The lowest BCUT2D eigenvalue weighted by Crippen LogP contribution is -2.31. The summed E-state index contributed by atoms with van der Waals surface area (Å²) >= 11 is 1.65. The van der Waals surface area contributed by atoms with Gasteiger partial charge < -0.3 is 10.6 Å². The number of rotatable bonds is 6. The molecule has 0 fully saturated rings. The average molecular weight is 328 g/mol. The number of nitrogens with one attached hydrogen (secondary N) is 2. The monoisotopic (exact) mass is 328 g/mol. The number of amides is 2. The molecule has 2 N–H and O–H groups in total. The second-order valence-corrected chi connectivity index (χ2v) is 6.42. The molecule has 4 heteroatoms. The number of hydrogen-bond acceptors (Lipinski definition) is 2. The number of urea groups is 1. The SMILES string of the molecule is CCCc1ccc([C@@H](C)NC(=O)Nc2cccc(SC)c2)cc1. The Morgan fingerprint density at radius 3 is 2.57 bits per heavy atom. The van der Waals surface area contributed by atoms with Crippen molar-refractivity contribution in [2.24, 2.45) is 0 Å². The van der Waals surface area contributed by atoms with E-state index in [4.69, 9.17) is 0 Å². The molecule has 0 spiro atoms. The molecular formula is C19H24N2OS. The van der Waals surface area contributed by atoms with E-state index >= 15 is 0 Å². The zero-order valence-corrected chi connectivity index (χ0v) is 14.7. The molecule has 2 amide bonds. The summed E-state index contributed by atoms with van der Waals surface area (Å²) in [5.41, 5.74) is 3.25. The molecule has 3 nitrogen and oxygen atoms in total. The van der Waals surface area contributed by atoms with Crippen molar-refractivity contribution in [1.29, 1.82) is 0 Å². The van der Waals surface area contributed by atoms with E-state index in [1.807, 2.05) is 37.4 Å². The van der Waals surface area contributed by atoms with E-state index in [0.717, 1.165) is 29.0 Å². The summed E-state index contributed by atoms with van der Waals surface area (Å²) in [6.07, 6.45) is 4.25. The summed E-state index contributed by atoms with van der Waals surface area (Å²) in [4.78, 5) is 13.3. The Labute approximate surface area is 142 Å². The lowest BCUT2D eigenvalue weighted by atomic mass is 10.0. The van der Waals surface area contributed by atoms with Gasteiger partial charge in [0.05, 0.1) is 6.04 Å². The fourth-order valence-corrected chi connectivity index (χ4v) is 2.87. The Kier molecular flexibility index (Phi) is 6.53. The van der Waals surface area contributed by atoms with Crippen LogP contribution in [0, 0.1) is 0 Å². The molecule has 0 heterocycles. The number of aryl methyl sites for hydroxylation is 1. The molecule has 2 aromatic carbocycles. The lowest BCUT2D eigenvalue weighted by Gasteiger charge is -2.16. The molecule has 0 radical (unpaired) electrons. The quantitative estimate of drug-likeness (QED) is 0.712. The van der Waals surface area contributed by atoms with Gasteiger partial charge in [0.2, 0.25) is 0 Å². The van der Waals surface area contributed by atoms with Crippen LogP contribution in [-0.2, 0) is 6.42 Å². The minimum atomic E-state index is -0.187. The standard InChI is InChI=1S/C19H24N2OS/c1-4-6-15-9-11-16(12-10-15)14(2)20-19(22)21-17-7-5-8-18(13-17)23-3/h5,7-14H,4,6H2,1-3H3,(H2,20,21,22)/t14-/m1/s1. The topological polar surface area (TPSA) is 41.1 Å². The fraction of sp³-hybridized carbons (Fsp3) is 0.316. The van der Waals surface area contributed by atoms with Crippen molar-refractivity contribution in [1.82, 2.24) is 5.32 Å². The Morgan fingerprint density at radius 1 is 1.17 bits per heavy atom. The molecule has 122 valence electrons. The van der Waals surface area contributed by atoms with E-state index in [2.05, 4.69) is 41.8 Å². The first-order valence-corrected chi connectivity index (χ1v) is 9.15. The van der Waals surface area contributed by atoms with Crippen LogP contribution in [0.1, 0.15) is 37.4 Å². The minimum absolute atomic E-state index is 0.0330. The summed E-state index contributed by atoms with van der Waals surface area (Å²) in [5, 5.41) is 5.86. The molecule has 0 saturated carbocycles. The van der Waals surface area contributed by atoms with Crippen molar-refractivity contribution >= 4 is 23.5 Å². The molecule has 0 aliphatic carbocycles. The van der Waals surface area contributed by atoms with Crippen LogP contribution in [0.2, 0.25) is 0 Å². The Bertz CT molecular complexity index is 640. The van der Waals surface area contributed by atoms with E-state index in [9.17, 15) is 4.79 Å². The largest absolute Gasteiger partial charge is 0.331 e. The van der Waals surface area contributed by atoms with Crippen molar-refractivity contribution in [2.75, 3.05) is 11.6 Å². The first-order chi connectivity index (χ1) is 11.1. The van der Waals surface area contributed by atoms with Crippen molar-refractivity contribution in [3.63, 3.8) is 0 Å². The highest BCUT2D eigenvalue weighted by molar-refractivity contribution is 7.98. The molecule has 0 aliphatic heterocycles. The fourth-order valence-electron chi connectivity index (χ4n) is 2.41. The van der Waals surface area contributed by atoms with Crippen molar-refractivity contribution in [3.8, 4) is 0 Å². The van der Waals surface area contributed by atoms with Gasteiger partial charge in [0, 0.05) is 10.6 Å². The third-order valence-corrected chi connectivity index (χ3v) is 4.42. The number of benzene rings is 2. The molecule has 2 aromatic rings. The van der Waals surface area contributed by atoms with Gasteiger partial charge in [-0.05, 0) is 48.9 Å². The average Bonchev–Trinajstić information content (AvgIpc) is 2.55. The summed E-state index contributed by atoms with van der Waals surface area (Å²) in [7, 11) is 0. The minimum Gasteiger partial charge on any atom is -0.331 e. The first-order valence-electron chi connectivity index (χ1n) is 7.92. The molecule has 0 unspecified atom stereocenters. The van der Waals surface area contributed by atoms with Gasteiger partial charge in [-0.1, -0.05) is 43.7 Å². The zero-order chi connectivity index (χ0) is 16.7.